The molecule has 0 aromatic heterocycles. The molecule has 0 unspecified atom stereocenters. The maximum atomic E-state index is 10.7. The lowest BCUT2D eigenvalue weighted by Gasteiger charge is -2.09. The highest BCUT2D eigenvalue weighted by Gasteiger charge is 2.08. The first-order valence-electron chi connectivity index (χ1n) is 4.75. The van der Waals surface area contributed by atoms with Gasteiger partial charge < -0.3 is 15.2 Å². The minimum Gasteiger partial charge on any atom is -0.496 e. The first kappa shape index (κ1) is 10.3. The van der Waals surface area contributed by atoms with E-state index in [0.29, 0.717) is 5.75 Å². The average Bonchev–Trinajstić information content (AvgIpc) is 2.29. The fourth-order valence-electron chi connectivity index (χ4n) is 1.62. The smallest absolute Gasteiger partial charge is 0.409 e. The van der Waals surface area contributed by atoms with E-state index in [1.54, 1.807) is 19.2 Å². The van der Waals surface area contributed by atoms with Crippen molar-refractivity contribution in [3.05, 3.63) is 36.4 Å². The zero-order valence-corrected chi connectivity index (χ0v) is 8.77. The maximum Gasteiger partial charge on any atom is 0.409 e. The van der Waals surface area contributed by atoms with Crippen LogP contribution in [0.3, 0.4) is 0 Å². The molecule has 0 radical (unpaired) electrons. The second kappa shape index (κ2) is 4.10. The molecule has 0 bridgehead atoms. The second-order valence-electron chi connectivity index (χ2n) is 3.23. The number of methoxy groups -OCH3 is 1. The molecule has 0 fully saturated rings. The summed E-state index contributed by atoms with van der Waals surface area (Å²) < 4.78 is 10.1. The van der Waals surface area contributed by atoms with Crippen LogP contribution in [0.15, 0.2) is 36.4 Å². The number of hydrogen-bond donors (Lipinski definition) is 1. The highest BCUT2D eigenvalue weighted by molar-refractivity contribution is 5.94. The number of fused-ring (bicyclic) bond motifs is 1. The number of rotatable bonds is 2. The van der Waals surface area contributed by atoms with E-state index in [9.17, 15) is 4.79 Å². The van der Waals surface area contributed by atoms with Gasteiger partial charge in [-0.25, -0.2) is 4.79 Å². The van der Waals surface area contributed by atoms with Crippen LogP contribution < -0.4 is 15.2 Å². The van der Waals surface area contributed by atoms with Gasteiger partial charge in [0.2, 0.25) is 0 Å². The van der Waals surface area contributed by atoms with E-state index in [1.807, 2.05) is 24.3 Å². The summed E-state index contributed by atoms with van der Waals surface area (Å²) in [7, 11) is 1.59. The van der Waals surface area contributed by atoms with Gasteiger partial charge in [-0.1, -0.05) is 24.3 Å². The molecule has 0 aliphatic carbocycles. The predicted molar refractivity (Wildman–Crippen MR) is 60.7 cm³/mol. The van der Waals surface area contributed by atoms with E-state index in [0.717, 1.165) is 16.5 Å². The number of carbonyl (C=O) groups is 1. The number of primary amides is 1. The van der Waals surface area contributed by atoms with Gasteiger partial charge in [-0.3, -0.25) is 0 Å². The van der Waals surface area contributed by atoms with Crippen LogP contribution >= 0.6 is 0 Å². The maximum absolute atomic E-state index is 10.7. The van der Waals surface area contributed by atoms with Crippen LogP contribution in [0.25, 0.3) is 10.8 Å². The quantitative estimate of drug-likeness (QED) is 0.839. The van der Waals surface area contributed by atoms with Crippen molar-refractivity contribution in [2.45, 2.75) is 0 Å². The van der Waals surface area contributed by atoms with Crippen molar-refractivity contribution >= 4 is 16.9 Å². The molecule has 0 aliphatic heterocycles. The fraction of sp³-hybridized carbons (Fsp3) is 0.0833. The fourth-order valence-corrected chi connectivity index (χ4v) is 1.62. The Labute approximate surface area is 92.6 Å². The van der Waals surface area contributed by atoms with Gasteiger partial charge in [0, 0.05) is 10.8 Å². The molecule has 4 heteroatoms. The molecule has 2 aromatic rings. The van der Waals surface area contributed by atoms with Crippen molar-refractivity contribution in [1.29, 1.82) is 0 Å². The Bertz CT molecular complexity index is 537. The summed E-state index contributed by atoms with van der Waals surface area (Å²) >= 11 is 0. The molecule has 0 aliphatic rings. The third-order valence-electron chi connectivity index (χ3n) is 2.27. The van der Waals surface area contributed by atoms with Crippen LogP contribution in [-0.4, -0.2) is 13.2 Å². The lowest BCUT2D eigenvalue weighted by atomic mass is 10.1. The van der Waals surface area contributed by atoms with Gasteiger partial charge in [0.25, 0.3) is 0 Å². The monoisotopic (exact) mass is 217 g/mol. The van der Waals surface area contributed by atoms with E-state index in [-0.39, 0.29) is 0 Å². The Kier molecular flexibility index (Phi) is 2.64. The average molecular weight is 217 g/mol. The molecule has 2 N–H and O–H groups in total. The number of ether oxygens (including phenoxy) is 2. The third kappa shape index (κ3) is 1.77. The van der Waals surface area contributed by atoms with Crippen molar-refractivity contribution < 1.29 is 14.3 Å². The number of hydrogen-bond acceptors (Lipinski definition) is 3. The van der Waals surface area contributed by atoms with Crippen molar-refractivity contribution in [3.8, 4) is 11.5 Å². The molecule has 0 saturated carbocycles. The lowest BCUT2D eigenvalue weighted by molar-refractivity contribution is 0.211. The number of amides is 1. The van der Waals surface area contributed by atoms with Crippen molar-refractivity contribution in [2.75, 3.05) is 7.11 Å². The molecular formula is C12H11NO3. The van der Waals surface area contributed by atoms with Gasteiger partial charge in [-0.15, -0.1) is 0 Å². The summed E-state index contributed by atoms with van der Waals surface area (Å²) in [5.41, 5.74) is 4.99. The first-order chi connectivity index (χ1) is 7.72. The van der Waals surface area contributed by atoms with Gasteiger partial charge in [-0.2, -0.15) is 0 Å². The minimum atomic E-state index is -0.824. The molecule has 0 atom stereocenters. The number of benzene rings is 2. The van der Waals surface area contributed by atoms with Gasteiger partial charge >= 0.3 is 6.09 Å². The number of nitrogens with two attached hydrogens (primary N) is 1. The Morgan fingerprint density at radius 3 is 2.19 bits per heavy atom. The second-order valence-corrected chi connectivity index (χ2v) is 3.23. The lowest BCUT2D eigenvalue weighted by Crippen LogP contribution is -2.16. The van der Waals surface area contributed by atoms with Gasteiger partial charge in [-0.05, 0) is 12.1 Å². The molecular weight excluding hydrogens is 206 g/mol. The summed E-state index contributed by atoms with van der Waals surface area (Å²) in [5, 5.41) is 1.67. The summed E-state index contributed by atoms with van der Waals surface area (Å²) in [6, 6.07) is 10.9. The normalized spacial score (nSPS) is 10.1. The summed E-state index contributed by atoms with van der Waals surface area (Å²) in [6.07, 6.45) is -0.824. The topological polar surface area (TPSA) is 61.6 Å². The Morgan fingerprint density at radius 2 is 1.62 bits per heavy atom. The largest absolute Gasteiger partial charge is 0.496 e. The molecule has 0 spiro atoms. The predicted octanol–water partition coefficient (Wildman–Crippen LogP) is 2.31. The molecule has 82 valence electrons. The van der Waals surface area contributed by atoms with Gasteiger partial charge in [0.1, 0.15) is 11.5 Å². The SMILES string of the molecule is COc1ccc(OC(N)=O)c2ccccc12. The molecule has 16 heavy (non-hydrogen) atoms. The standard InChI is InChI=1S/C12H11NO3/c1-15-10-6-7-11(16-12(13)14)9-5-3-2-4-8(9)10/h2-7H,1H3,(H2,13,14). The summed E-state index contributed by atoms with van der Waals surface area (Å²) in [5.74, 6) is 1.16. The van der Waals surface area contributed by atoms with Crippen LogP contribution in [0, 0.1) is 0 Å². The molecule has 0 saturated heterocycles. The molecule has 0 heterocycles. The molecule has 2 rings (SSSR count). The van der Waals surface area contributed by atoms with E-state index < -0.39 is 6.09 Å². The molecule has 1 amide bonds. The van der Waals surface area contributed by atoms with E-state index in [1.165, 1.54) is 0 Å². The van der Waals surface area contributed by atoms with Crippen LogP contribution in [0.5, 0.6) is 11.5 Å². The zero-order valence-electron chi connectivity index (χ0n) is 8.77. The number of carbonyl (C=O) groups excluding carboxylic acids is 1. The van der Waals surface area contributed by atoms with E-state index in [2.05, 4.69) is 0 Å². The molecule has 2 aromatic carbocycles. The van der Waals surface area contributed by atoms with Crippen LogP contribution in [-0.2, 0) is 0 Å². The summed E-state index contributed by atoms with van der Waals surface area (Å²) in [6.45, 7) is 0. The van der Waals surface area contributed by atoms with Crippen LogP contribution in [0.1, 0.15) is 0 Å². The summed E-state index contributed by atoms with van der Waals surface area (Å²) in [4.78, 5) is 10.7. The third-order valence-corrected chi connectivity index (χ3v) is 2.27. The Hall–Kier alpha value is -2.23. The van der Waals surface area contributed by atoms with Crippen LogP contribution in [0.4, 0.5) is 4.79 Å². The van der Waals surface area contributed by atoms with E-state index in [4.69, 9.17) is 15.2 Å². The van der Waals surface area contributed by atoms with Crippen LogP contribution in [0.2, 0.25) is 0 Å². The van der Waals surface area contributed by atoms with Gasteiger partial charge in [0.05, 0.1) is 7.11 Å². The van der Waals surface area contributed by atoms with Crippen molar-refractivity contribution in [1.82, 2.24) is 0 Å². The Morgan fingerprint density at radius 1 is 1.06 bits per heavy atom. The highest BCUT2D eigenvalue weighted by atomic mass is 16.5. The van der Waals surface area contributed by atoms with Crippen molar-refractivity contribution in [3.63, 3.8) is 0 Å². The zero-order chi connectivity index (χ0) is 11.5. The molecule has 4 nitrogen and oxygen atoms in total. The minimum absolute atomic E-state index is 0.434. The highest BCUT2D eigenvalue weighted by Crippen LogP contribution is 2.32. The van der Waals surface area contributed by atoms with Gasteiger partial charge in [0.15, 0.2) is 0 Å². The van der Waals surface area contributed by atoms with Crippen molar-refractivity contribution in [2.24, 2.45) is 5.73 Å². The van der Waals surface area contributed by atoms with E-state index >= 15 is 0 Å². The first-order valence-corrected chi connectivity index (χ1v) is 4.75. The Balaban J connectivity index is 2.64.